The highest BCUT2D eigenvalue weighted by Crippen LogP contribution is 2.10. The van der Waals surface area contributed by atoms with E-state index >= 15 is 0 Å². The Morgan fingerprint density at radius 1 is 1.04 bits per heavy atom. The first kappa shape index (κ1) is 19.2. The maximum absolute atomic E-state index is 12.5. The van der Waals surface area contributed by atoms with E-state index in [9.17, 15) is 9.59 Å². The number of nitrogens with one attached hydrogen (secondary N) is 2. The van der Waals surface area contributed by atoms with Gasteiger partial charge in [-0.25, -0.2) is 0 Å². The SMILES string of the molecule is Cc1ccccc1C(=O)NC(CC(C)C)C(=O)NCCC(C)C. The van der Waals surface area contributed by atoms with Crippen LogP contribution in [0.25, 0.3) is 0 Å². The first-order chi connectivity index (χ1) is 10.8. The molecule has 4 nitrogen and oxygen atoms in total. The van der Waals surface area contributed by atoms with Gasteiger partial charge in [-0.3, -0.25) is 9.59 Å². The molecule has 1 unspecified atom stereocenters. The maximum Gasteiger partial charge on any atom is 0.252 e. The fraction of sp³-hybridized carbons (Fsp3) is 0.579. The molecule has 2 amide bonds. The zero-order chi connectivity index (χ0) is 17.4. The van der Waals surface area contributed by atoms with Gasteiger partial charge in [0.2, 0.25) is 5.91 Å². The molecule has 0 saturated heterocycles. The van der Waals surface area contributed by atoms with Gasteiger partial charge in [-0.15, -0.1) is 0 Å². The summed E-state index contributed by atoms with van der Waals surface area (Å²) in [4.78, 5) is 24.8. The third-order valence-corrected chi connectivity index (χ3v) is 3.74. The topological polar surface area (TPSA) is 58.2 Å². The Morgan fingerprint density at radius 2 is 1.70 bits per heavy atom. The predicted molar refractivity (Wildman–Crippen MR) is 94.4 cm³/mol. The molecule has 0 aliphatic heterocycles. The summed E-state index contributed by atoms with van der Waals surface area (Å²) >= 11 is 0. The van der Waals surface area contributed by atoms with Crippen molar-refractivity contribution in [1.82, 2.24) is 10.6 Å². The Labute approximate surface area is 140 Å². The molecule has 0 aromatic heterocycles. The number of hydrogen-bond donors (Lipinski definition) is 2. The molecular weight excluding hydrogens is 288 g/mol. The lowest BCUT2D eigenvalue weighted by atomic mass is 10.0. The van der Waals surface area contributed by atoms with Crippen molar-refractivity contribution < 1.29 is 9.59 Å². The number of hydrogen-bond acceptors (Lipinski definition) is 2. The standard InChI is InChI=1S/C19H30N2O2/c1-13(2)10-11-20-19(23)17(12-14(3)4)21-18(22)16-9-7-6-8-15(16)5/h6-9,13-14,17H,10-12H2,1-5H3,(H,20,23)(H,21,22). The molecular formula is C19H30N2O2. The summed E-state index contributed by atoms with van der Waals surface area (Å²) in [7, 11) is 0. The second kappa shape index (κ2) is 9.33. The van der Waals surface area contributed by atoms with E-state index in [2.05, 4.69) is 24.5 Å². The van der Waals surface area contributed by atoms with Crippen molar-refractivity contribution in [3.05, 3.63) is 35.4 Å². The van der Waals surface area contributed by atoms with Crippen molar-refractivity contribution >= 4 is 11.8 Å². The number of amides is 2. The van der Waals surface area contributed by atoms with Crippen LogP contribution in [-0.4, -0.2) is 24.4 Å². The zero-order valence-electron chi connectivity index (χ0n) is 15.0. The van der Waals surface area contributed by atoms with Crippen LogP contribution < -0.4 is 10.6 Å². The maximum atomic E-state index is 12.5. The van der Waals surface area contributed by atoms with Gasteiger partial charge in [0.15, 0.2) is 0 Å². The van der Waals surface area contributed by atoms with Crippen LogP contribution in [0.5, 0.6) is 0 Å². The van der Waals surface area contributed by atoms with Crippen LogP contribution in [0.1, 0.15) is 56.5 Å². The Kier molecular flexibility index (Phi) is 7.79. The lowest BCUT2D eigenvalue weighted by molar-refractivity contribution is -0.123. The van der Waals surface area contributed by atoms with Gasteiger partial charge in [0.05, 0.1) is 0 Å². The van der Waals surface area contributed by atoms with Gasteiger partial charge in [0.25, 0.3) is 5.91 Å². The van der Waals surface area contributed by atoms with Crippen LogP contribution >= 0.6 is 0 Å². The molecule has 0 bridgehead atoms. The van der Waals surface area contributed by atoms with E-state index in [1.807, 2.05) is 39.0 Å². The van der Waals surface area contributed by atoms with Gasteiger partial charge in [-0.2, -0.15) is 0 Å². The molecule has 0 spiro atoms. The Balaban J connectivity index is 2.72. The fourth-order valence-electron chi connectivity index (χ4n) is 2.37. The van der Waals surface area contributed by atoms with Crippen molar-refractivity contribution in [3.63, 3.8) is 0 Å². The van der Waals surface area contributed by atoms with Crippen molar-refractivity contribution in [2.24, 2.45) is 11.8 Å². The lowest BCUT2D eigenvalue weighted by Gasteiger charge is -2.21. The number of aryl methyl sites for hydroxylation is 1. The Bertz CT molecular complexity index is 524. The summed E-state index contributed by atoms with van der Waals surface area (Å²) in [5.41, 5.74) is 1.53. The molecule has 0 aliphatic carbocycles. The summed E-state index contributed by atoms with van der Waals surface area (Å²) in [6.45, 7) is 10.9. The molecule has 1 atom stereocenters. The van der Waals surface area contributed by atoms with Crippen molar-refractivity contribution in [2.45, 2.75) is 53.5 Å². The first-order valence-corrected chi connectivity index (χ1v) is 8.45. The Hall–Kier alpha value is -1.84. The van der Waals surface area contributed by atoms with E-state index in [-0.39, 0.29) is 11.8 Å². The van der Waals surface area contributed by atoms with E-state index < -0.39 is 6.04 Å². The molecule has 0 aliphatic rings. The Morgan fingerprint density at radius 3 is 2.26 bits per heavy atom. The summed E-state index contributed by atoms with van der Waals surface area (Å²) < 4.78 is 0. The quantitative estimate of drug-likeness (QED) is 0.772. The van der Waals surface area contributed by atoms with Crippen LogP contribution in [0.2, 0.25) is 0 Å². The van der Waals surface area contributed by atoms with Gasteiger partial charge >= 0.3 is 0 Å². The highest BCUT2D eigenvalue weighted by Gasteiger charge is 2.22. The number of benzene rings is 1. The van der Waals surface area contributed by atoms with Gasteiger partial charge in [0.1, 0.15) is 6.04 Å². The fourth-order valence-corrected chi connectivity index (χ4v) is 2.37. The normalized spacial score (nSPS) is 12.3. The monoisotopic (exact) mass is 318 g/mol. The van der Waals surface area contributed by atoms with E-state index in [1.165, 1.54) is 0 Å². The molecule has 23 heavy (non-hydrogen) atoms. The lowest BCUT2D eigenvalue weighted by Crippen LogP contribution is -2.47. The molecule has 0 saturated carbocycles. The van der Waals surface area contributed by atoms with E-state index in [1.54, 1.807) is 6.07 Å². The van der Waals surface area contributed by atoms with E-state index in [0.717, 1.165) is 12.0 Å². The molecule has 128 valence electrons. The van der Waals surface area contributed by atoms with Crippen LogP contribution in [0.4, 0.5) is 0 Å². The molecule has 0 fully saturated rings. The van der Waals surface area contributed by atoms with Gasteiger partial charge < -0.3 is 10.6 Å². The smallest absolute Gasteiger partial charge is 0.252 e. The number of carbonyl (C=O) groups is 2. The summed E-state index contributed by atoms with van der Waals surface area (Å²) in [5, 5.41) is 5.83. The van der Waals surface area contributed by atoms with Crippen LogP contribution in [0, 0.1) is 18.8 Å². The van der Waals surface area contributed by atoms with Crippen molar-refractivity contribution in [3.8, 4) is 0 Å². The second-order valence-electron chi connectivity index (χ2n) is 6.94. The molecule has 0 heterocycles. The van der Waals surface area contributed by atoms with Crippen LogP contribution in [-0.2, 0) is 4.79 Å². The minimum atomic E-state index is -0.491. The van der Waals surface area contributed by atoms with Gasteiger partial charge in [0, 0.05) is 12.1 Å². The van der Waals surface area contributed by atoms with Crippen molar-refractivity contribution in [2.75, 3.05) is 6.54 Å². The second-order valence-corrected chi connectivity index (χ2v) is 6.94. The van der Waals surface area contributed by atoms with Gasteiger partial charge in [-0.1, -0.05) is 45.9 Å². The van der Waals surface area contributed by atoms with Crippen LogP contribution in [0.15, 0.2) is 24.3 Å². The molecule has 1 aromatic rings. The summed E-state index contributed by atoms with van der Waals surface area (Å²) in [5.74, 6) is 0.586. The largest absolute Gasteiger partial charge is 0.354 e. The third kappa shape index (κ3) is 6.85. The molecule has 1 rings (SSSR count). The average molecular weight is 318 g/mol. The predicted octanol–water partition coefficient (Wildman–Crippen LogP) is 3.30. The minimum Gasteiger partial charge on any atom is -0.354 e. The highest BCUT2D eigenvalue weighted by molar-refractivity contribution is 5.98. The van der Waals surface area contributed by atoms with E-state index in [4.69, 9.17) is 0 Å². The van der Waals surface area contributed by atoms with Gasteiger partial charge in [-0.05, 0) is 43.2 Å². The van der Waals surface area contributed by atoms with E-state index in [0.29, 0.717) is 30.4 Å². The molecule has 2 N–H and O–H groups in total. The number of carbonyl (C=O) groups excluding carboxylic acids is 2. The first-order valence-electron chi connectivity index (χ1n) is 8.45. The zero-order valence-corrected chi connectivity index (χ0v) is 15.0. The van der Waals surface area contributed by atoms with Crippen LogP contribution in [0.3, 0.4) is 0 Å². The summed E-state index contributed by atoms with van der Waals surface area (Å²) in [6.07, 6.45) is 1.57. The highest BCUT2D eigenvalue weighted by atomic mass is 16.2. The summed E-state index contributed by atoms with van der Waals surface area (Å²) in [6, 6.07) is 6.93. The minimum absolute atomic E-state index is 0.0960. The third-order valence-electron chi connectivity index (χ3n) is 3.74. The average Bonchev–Trinajstić information content (AvgIpc) is 2.45. The molecule has 1 aromatic carbocycles. The number of rotatable bonds is 8. The van der Waals surface area contributed by atoms with Crippen molar-refractivity contribution in [1.29, 1.82) is 0 Å². The molecule has 0 radical (unpaired) electrons. The molecule has 4 heteroatoms.